The Balaban J connectivity index is 0.000000161. The third-order valence-electron chi connectivity index (χ3n) is 37.9. The maximum Gasteiger partial charge on any atom is 0.343 e. The van der Waals surface area contributed by atoms with Gasteiger partial charge < -0.3 is 14.6 Å². The Morgan fingerprint density at radius 2 is 0.660 bits per heavy atom. The predicted molar refractivity (Wildman–Crippen MR) is 583 cm³/mol. The van der Waals surface area contributed by atoms with Crippen LogP contribution in [-0.2, 0) is 115 Å². The third kappa shape index (κ3) is 23.0. The summed E-state index contributed by atoms with van der Waals surface area (Å²) in [5.41, 5.74) is 21.1. The summed E-state index contributed by atoms with van der Waals surface area (Å²) < 4.78 is 10.8. The first kappa shape index (κ1) is 115. The second-order valence-corrected chi connectivity index (χ2v) is 50.5. The minimum atomic E-state index is -0.668. The van der Waals surface area contributed by atoms with Crippen molar-refractivity contribution in [1.29, 1.82) is 0 Å². The van der Waals surface area contributed by atoms with Gasteiger partial charge in [-0.15, -0.1) is 0 Å². The number of ether oxygens (including phenoxy) is 2. The number of hydrogen-bond donors (Lipinski definition) is 1. The molecule has 6 aromatic rings. The van der Waals surface area contributed by atoms with E-state index in [0.717, 1.165) is 221 Å². The van der Waals surface area contributed by atoms with Crippen LogP contribution in [0.5, 0.6) is 5.75 Å². The zero-order valence-electron chi connectivity index (χ0n) is 89.9. The highest BCUT2D eigenvalue weighted by Crippen LogP contribution is 2.65. The number of methoxy groups -OCH3 is 1. The summed E-state index contributed by atoms with van der Waals surface area (Å²) in [6, 6.07) is 31.6. The summed E-state index contributed by atoms with van der Waals surface area (Å²) in [5.74, 6) is 2.77. The number of para-hydroxylation sites is 1. The number of rotatable bonds is 26. The summed E-state index contributed by atoms with van der Waals surface area (Å²) in [6.07, 6.45) is 32.0. The molecule has 0 heterocycles. The molecule has 15 atom stereocenters. The molecule has 0 saturated heterocycles. The number of aliphatic hydroxyl groups is 1. The van der Waals surface area contributed by atoms with Crippen LogP contribution in [-0.4, -0.2) is 79.6 Å². The number of carbonyl (C=O) groups is 11. The van der Waals surface area contributed by atoms with Crippen molar-refractivity contribution >= 4 is 130 Å². The lowest BCUT2D eigenvalue weighted by Crippen LogP contribution is -2.53. The smallest absolute Gasteiger partial charge is 0.343 e. The number of benzene rings is 6. The van der Waals surface area contributed by atoms with E-state index in [4.69, 9.17) is 79.1 Å². The lowest BCUT2D eigenvalue weighted by atomic mass is 9.48. The molecular formula is C124H160Cl6O14. The average molecular weight is 2090 g/mol. The van der Waals surface area contributed by atoms with Crippen molar-refractivity contribution in [1.82, 2.24) is 0 Å². The van der Waals surface area contributed by atoms with Crippen LogP contribution < -0.4 is 4.74 Å². The molecule has 0 aliphatic heterocycles. The number of aryl methyl sites for hydroxylation is 7. The zero-order valence-corrected chi connectivity index (χ0v) is 94.5. The van der Waals surface area contributed by atoms with E-state index in [0.29, 0.717) is 64.7 Å². The maximum atomic E-state index is 13.2. The first-order valence-corrected chi connectivity index (χ1v) is 56.0. The van der Waals surface area contributed by atoms with Crippen molar-refractivity contribution in [2.45, 2.75) is 408 Å². The lowest BCUT2D eigenvalue weighted by molar-refractivity contribution is -0.139. The van der Waals surface area contributed by atoms with E-state index in [2.05, 4.69) is 173 Å². The van der Waals surface area contributed by atoms with Crippen LogP contribution >= 0.6 is 69.6 Å². The van der Waals surface area contributed by atoms with Gasteiger partial charge in [0.2, 0.25) is 31.5 Å². The largest absolute Gasteiger partial charge is 0.465 e. The highest BCUT2D eigenvalue weighted by atomic mass is 35.5. The number of Topliss-reactive ketones (excluding diaryl/α,β-unsaturated/α-hetero) is 2. The van der Waals surface area contributed by atoms with Crippen molar-refractivity contribution in [2.24, 2.45) is 56.7 Å². The Hall–Kier alpha value is -7.27. The quantitative estimate of drug-likeness (QED) is 0.0133. The molecule has 782 valence electrons. The molecule has 20 heteroatoms. The van der Waals surface area contributed by atoms with E-state index in [1.807, 2.05) is 56.3 Å². The summed E-state index contributed by atoms with van der Waals surface area (Å²) in [4.78, 5) is 134. The average Bonchev–Trinajstić information content (AvgIpc) is 0.824. The number of aliphatic hydroxyl groups excluding tert-OH is 1. The SMILES string of the molecule is CC(=O)C1(C)CCCC2(C)c3cc(C(=O)Oc4ccccc4)c(C(C)C)cc3CCC12.CC(C)c1cc2c(cc1C(=O)/C=C/C(=O)Cl)C1(C)CCCC(C)(C(=O)Cl)C1CC2.CC(C)c1cc2c(cc1CCCC(=O)Cl)C1(C)CCCC(C)(C(=O)Cl)C1CC2.CC(C)c1cc2c(cc1CCCCC(=O)Cl)C1(C)CCCC(C)(C(=O)Cl)C1CC2.COC(=O)c1cc2c(cc1C(C)C)CCC1C(C)(C(=O)CO)CCCC21C. The van der Waals surface area contributed by atoms with Crippen LogP contribution in [0, 0.1) is 56.7 Å². The normalized spacial score (nSPS) is 28.8. The number of hydrogen-bond acceptors (Lipinski definition) is 14. The van der Waals surface area contributed by atoms with Crippen LogP contribution in [0.3, 0.4) is 0 Å². The third-order valence-corrected chi connectivity index (χ3v) is 39.7. The Bertz CT molecular complexity index is 5900. The van der Waals surface area contributed by atoms with E-state index in [1.165, 1.54) is 85.5 Å². The van der Waals surface area contributed by atoms with Crippen LogP contribution in [0.2, 0.25) is 0 Å². The van der Waals surface area contributed by atoms with Gasteiger partial charge in [0.05, 0.1) is 18.2 Å². The Morgan fingerprint density at radius 1 is 0.361 bits per heavy atom. The van der Waals surface area contributed by atoms with Gasteiger partial charge in [-0.05, 0) is 454 Å². The van der Waals surface area contributed by atoms with Gasteiger partial charge in [0, 0.05) is 51.6 Å². The van der Waals surface area contributed by atoms with Gasteiger partial charge in [-0.2, -0.15) is 0 Å². The molecule has 0 amide bonds. The molecule has 5 saturated carbocycles. The Kier molecular flexibility index (Phi) is 37.1. The van der Waals surface area contributed by atoms with Crippen LogP contribution in [0.1, 0.15) is 461 Å². The molecule has 14 nitrogen and oxygen atoms in total. The first-order chi connectivity index (χ1) is 67.5. The van der Waals surface area contributed by atoms with Crippen molar-refractivity contribution in [2.75, 3.05) is 13.7 Å². The van der Waals surface area contributed by atoms with Gasteiger partial charge in [0.1, 0.15) is 18.1 Å². The highest BCUT2D eigenvalue weighted by Gasteiger charge is 2.61. The molecule has 0 aromatic heterocycles. The topological polar surface area (TPSA) is 226 Å². The van der Waals surface area contributed by atoms with Crippen molar-refractivity contribution in [3.05, 3.63) is 214 Å². The molecule has 10 aliphatic rings. The molecule has 10 aliphatic carbocycles. The molecule has 5 fully saturated rings. The second kappa shape index (κ2) is 46.3. The summed E-state index contributed by atoms with van der Waals surface area (Å²) in [6.45, 7) is 44.7. The molecule has 144 heavy (non-hydrogen) atoms. The van der Waals surface area contributed by atoms with Gasteiger partial charge in [0.25, 0.3) is 0 Å². The number of esters is 2. The van der Waals surface area contributed by atoms with Crippen molar-refractivity contribution in [3.8, 4) is 5.75 Å². The minimum Gasteiger partial charge on any atom is -0.465 e. The van der Waals surface area contributed by atoms with Crippen LogP contribution in [0.25, 0.3) is 0 Å². The van der Waals surface area contributed by atoms with Crippen LogP contribution in [0.15, 0.2) is 103 Å². The zero-order chi connectivity index (χ0) is 106. The lowest BCUT2D eigenvalue weighted by Gasteiger charge is -2.54. The highest BCUT2D eigenvalue weighted by molar-refractivity contribution is 6.67. The van der Waals surface area contributed by atoms with Gasteiger partial charge in [-0.1, -0.05) is 231 Å². The fraction of sp³-hybridized carbons (Fsp3) is 0.605. The van der Waals surface area contributed by atoms with E-state index in [9.17, 15) is 57.8 Å². The molecule has 6 aromatic carbocycles. The number of ketones is 3. The number of allylic oxidation sites excluding steroid dienone is 2. The van der Waals surface area contributed by atoms with Crippen molar-refractivity contribution < 1.29 is 67.3 Å². The molecule has 1 N–H and O–H groups in total. The second-order valence-electron chi connectivity index (χ2n) is 48.3. The number of fused-ring (bicyclic) bond motifs is 15. The molecule has 16 rings (SSSR count). The van der Waals surface area contributed by atoms with Gasteiger partial charge in [-0.25, -0.2) is 9.59 Å². The van der Waals surface area contributed by atoms with Gasteiger partial charge in [-0.3, -0.25) is 43.2 Å². The summed E-state index contributed by atoms with van der Waals surface area (Å²) in [7, 11) is 1.42. The fourth-order valence-electron chi connectivity index (χ4n) is 29.9. The number of halogens is 6. The van der Waals surface area contributed by atoms with Crippen LogP contribution in [0.4, 0.5) is 0 Å². The van der Waals surface area contributed by atoms with E-state index < -0.39 is 33.5 Å². The van der Waals surface area contributed by atoms with E-state index in [1.54, 1.807) is 6.92 Å². The summed E-state index contributed by atoms with van der Waals surface area (Å²) >= 11 is 34.8. The Labute approximate surface area is 889 Å². The van der Waals surface area contributed by atoms with Gasteiger partial charge >= 0.3 is 11.9 Å². The van der Waals surface area contributed by atoms with Crippen molar-refractivity contribution in [3.63, 3.8) is 0 Å². The van der Waals surface area contributed by atoms with E-state index in [-0.39, 0.29) is 118 Å². The number of unbranched alkanes of at least 4 members (excludes halogenated alkanes) is 1. The molecule has 15 unspecified atom stereocenters. The van der Waals surface area contributed by atoms with Gasteiger partial charge in [0.15, 0.2) is 11.6 Å². The number of carbonyl (C=O) groups excluding carboxylic acids is 11. The monoisotopic (exact) mass is 2080 g/mol. The molecule has 0 bridgehead atoms. The fourth-order valence-corrected chi connectivity index (χ4v) is 30.9. The van der Waals surface area contributed by atoms with E-state index >= 15 is 0 Å². The predicted octanol–water partition coefficient (Wildman–Crippen LogP) is 30.6. The summed E-state index contributed by atoms with van der Waals surface area (Å²) in [5, 5.41) is 7.78. The standard InChI is InChI=1S/C28H34O3.C25H34Cl2O2.C24H28Cl2O3.C24H32Cl2O2.C23H32O4/c1-18(2)22-16-20-12-13-25-27(4,19(3)29)14-9-15-28(25,5)24(20)17-23(22)26(30)31-21-10-7-6-8-11-21;1-16(2)19-14-18-10-11-21-24(3,12-7-13-25(21,4)23(27)29)20(18)15-17(19)8-5-6-9-22(26)28;1-14(2)16-12-15-6-8-20-23(3,10-5-11-24(20,4)22(26)29)18(15)13-17(16)19(27)7-9-21(25)28;1-15(2)18-13-17-9-10-20-23(3,11-6-12-24(20,4)22(26)28)19(17)14-16(18)7-5-8-21(25)27;1-14(2)16-11-15-7-8-19-22(3,18(15)12-17(16)21(26)27-5)9-6-10-23(19,4)20(25)13-24/h6-8,10-11,16-18,25H,9,12-15H2,1-5H3;14-16,21H,5-13H2,1-4H3;7,9,12-14,20H,5-6,8,10-11H2,1-4H3;13-15,20H,5-12H2,1-4H3;11-12,14,19,24H,6-10,13H2,1-5H3/b;;9-7+;;. The minimum absolute atomic E-state index is 0.00149. The molecule has 0 spiro atoms. The molecular weight excluding hydrogens is 1930 g/mol. The Morgan fingerprint density at radius 3 is 0.986 bits per heavy atom. The maximum absolute atomic E-state index is 13.2. The molecule has 0 radical (unpaired) electrons. The first-order valence-electron chi connectivity index (χ1n) is 53.8.